The third-order valence-corrected chi connectivity index (χ3v) is 5.91. The SMILES string of the molecule is CCOC(=O)COc1ccc(-c2ccccc2O[C@H]2O[C@H](COC(C)=O)[C@@H](OC(C)=O)[C@H](OC(C)=O)[C@@H]2OC(C)=O)cc1. The summed E-state index contributed by atoms with van der Waals surface area (Å²) in [6, 6.07) is 13.7. The summed E-state index contributed by atoms with van der Waals surface area (Å²) in [5.41, 5.74) is 1.30. The fraction of sp³-hybridized carbons (Fsp3) is 0.433. The van der Waals surface area contributed by atoms with Gasteiger partial charge in [-0.2, -0.15) is 0 Å². The van der Waals surface area contributed by atoms with E-state index in [4.69, 9.17) is 37.9 Å². The lowest BCUT2D eigenvalue weighted by Gasteiger charge is -2.44. The van der Waals surface area contributed by atoms with Gasteiger partial charge in [-0.3, -0.25) is 19.2 Å². The van der Waals surface area contributed by atoms with Crippen LogP contribution in [-0.2, 0) is 52.4 Å². The largest absolute Gasteiger partial charge is 0.482 e. The van der Waals surface area contributed by atoms with Gasteiger partial charge in [-0.1, -0.05) is 30.3 Å². The number of para-hydroxylation sites is 1. The van der Waals surface area contributed by atoms with Crippen molar-refractivity contribution in [3.8, 4) is 22.6 Å². The van der Waals surface area contributed by atoms with Gasteiger partial charge in [-0.05, 0) is 30.7 Å². The molecule has 0 N–H and O–H groups in total. The highest BCUT2D eigenvalue weighted by Crippen LogP contribution is 2.35. The van der Waals surface area contributed by atoms with E-state index in [0.29, 0.717) is 22.6 Å². The first-order chi connectivity index (χ1) is 20.5. The van der Waals surface area contributed by atoms with Gasteiger partial charge < -0.3 is 37.9 Å². The number of carbonyl (C=O) groups is 5. The summed E-state index contributed by atoms with van der Waals surface area (Å²) >= 11 is 0. The molecule has 43 heavy (non-hydrogen) atoms. The number of hydrogen-bond donors (Lipinski definition) is 0. The molecule has 1 heterocycles. The lowest BCUT2D eigenvalue weighted by atomic mass is 9.98. The van der Waals surface area contributed by atoms with E-state index in [1.165, 1.54) is 6.92 Å². The fourth-order valence-electron chi connectivity index (χ4n) is 4.29. The normalized spacial score (nSPS) is 21.1. The summed E-state index contributed by atoms with van der Waals surface area (Å²) in [4.78, 5) is 59.4. The summed E-state index contributed by atoms with van der Waals surface area (Å²) < 4.78 is 44.1. The molecule has 1 fully saturated rings. The van der Waals surface area contributed by atoms with E-state index in [1.807, 2.05) is 0 Å². The number of benzene rings is 2. The van der Waals surface area contributed by atoms with Gasteiger partial charge in [0.2, 0.25) is 12.4 Å². The van der Waals surface area contributed by atoms with Crippen molar-refractivity contribution in [2.24, 2.45) is 0 Å². The highest BCUT2D eigenvalue weighted by atomic mass is 16.7. The van der Waals surface area contributed by atoms with Gasteiger partial charge in [0.15, 0.2) is 18.8 Å². The van der Waals surface area contributed by atoms with Crippen molar-refractivity contribution < 1.29 is 61.9 Å². The van der Waals surface area contributed by atoms with Crippen LogP contribution >= 0.6 is 0 Å². The number of ether oxygens (including phenoxy) is 8. The van der Waals surface area contributed by atoms with Crippen molar-refractivity contribution >= 4 is 29.8 Å². The van der Waals surface area contributed by atoms with Crippen LogP contribution in [0.15, 0.2) is 48.5 Å². The molecule has 2 aromatic rings. The Labute approximate surface area is 248 Å². The first-order valence-corrected chi connectivity index (χ1v) is 13.4. The maximum atomic E-state index is 12.1. The Hall–Kier alpha value is -4.65. The molecule has 0 saturated carbocycles. The van der Waals surface area contributed by atoms with Crippen molar-refractivity contribution in [1.29, 1.82) is 0 Å². The Kier molecular flexibility index (Phi) is 11.9. The second-order valence-electron chi connectivity index (χ2n) is 9.30. The average Bonchev–Trinajstić information content (AvgIpc) is 2.94. The smallest absolute Gasteiger partial charge is 0.344 e. The van der Waals surface area contributed by atoms with Gasteiger partial charge in [-0.15, -0.1) is 0 Å². The second kappa shape index (κ2) is 15.5. The zero-order valence-corrected chi connectivity index (χ0v) is 24.4. The Morgan fingerprint density at radius 1 is 0.721 bits per heavy atom. The fourth-order valence-corrected chi connectivity index (χ4v) is 4.29. The molecule has 5 atom stereocenters. The van der Waals surface area contributed by atoms with Crippen molar-refractivity contribution in [1.82, 2.24) is 0 Å². The average molecular weight is 603 g/mol. The lowest BCUT2D eigenvalue weighted by Crippen LogP contribution is -2.63. The van der Waals surface area contributed by atoms with Crippen LogP contribution in [0.5, 0.6) is 11.5 Å². The van der Waals surface area contributed by atoms with Crippen LogP contribution in [0.3, 0.4) is 0 Å². The van der Waals surface area contributed by atoms with Crippen LogP contribution in [0.2, 0.25) is 0 Å². The summed E-state index contributed by atoms with van der Waals surface area (Å²) in [7, 11) is 0. The van der Waals surface area contributed by atoms with Crippen LogP contribution in [0.25, 0.3) is 11.1 Å². The first-order valence-electron chi connectivity index (χ1n) is 13.4. The molecule has 1 aliphatic heterocycles. The van der Waals surface area contributed by atoms with E-state index in [2.05, 4.69) is 0 Å². The molecular weight excluding hydrogens is 568 g/mol. The molecule has 0 amide bonds. The molecule has 232 valence electrons. The van der Waals surface area contributed by atoms with Gasteiger partial charge in [0.05, 0.1) is 6.61 Å². The standard InChI is InChI=1S/C30H34O13/c1-6-36-26(35)16-38-22-13-11-21(12-14-22)23-9-7-8-10-24(23)42-30-29(41-20(5)34)28(40-19(4)33)27(39-18(3)32)25(43-30)15-37-17(2)31/h7-14,25,27-30H,6,15-16H2,1-5H3/t25-,27-,28+,29+,30+/m1/s1. The molecule has 0 aromatic heterocycles. The molecule has 0 radical (unpaired) electrons. The molecule has 0 spiro atoms. The Balaban J connectivity index is 1.95. The van der Waals surface area contributed by atoms with Crippen molar-refractivity contribution in [2.75, 3.05) is 19.8 Å². The lowest BCUT2D eigenvalue weighted by molar-refractivity contribution is -0.288. The minimum Gasteiger partial charge on any atom is -0.482 e. The minimum absolute atomic E-state index is 0.240. The monoisotopic (exact) mass is 602 g/mol. The molecule has 1 aliphatic rings. The van der Waals surface area contributed by atoms with E-state index < -0.39 is 60.6 Å². The van der Waals surface area contributed by atoms with E-state index >= 15 is 0 Å². The zero-order chi connectivity index (χ0) is 31.5. The maximum Gasteiger partial charge on any atom is 0.344 e. The maximum absolute atomic E-state index is 12.1. The number of rotatable bonds is 12. The van der Waals surface area contributed by atoms with Gasteiger partial charge in [-0.25, -0.2) is 4.79 Å². The molecule has 2 aromatic carbocycles. The van der Waals surface area contributed by atoms with Crippen LogP contribution in [0.1, 0.15) is 34.6 Å². The third kappa shape index (κ3) is 9.70. The molecule has 1 saturated heterocycles. The summed E-state index contributed by atoms with van der Waals surface area (Å²) in [5, 5.41) is 0. The van der Waals surface area contributed by atoms with Crippen LogP contribution in [0, 0.1) is 0 Å². The predicted octanol–water partition coefficient (Wildman–Crippen LogP) is 2.76. The van der Waals surface area contributed by atoms with Gasteiger partial charge in [0, 0.05) is 33.3 Å². The Morgan fingerprint density at radius 3 is 1.93 bits per heavy atom. The molecule has 0 unspecified atom stereocenters. The summed E-state index contributed by atoms with van der Waals surface area (Å²) in [6.07, 6.45) is -6.60. The summed E-state index contributed by atoms with van der Waals surface area (Å²) in [6.45, 7) is 5.94. The highest BCUT2D eigenvalue weighted by Gasteiger charge is 2.53. The zero-order valence-electron chi connectivity index (χ0n) is 24.4. The van der Waals surface area contributed by atoms with E-state index in [1.54, 1.807) is 55.5 Å². The molecule has 0 bridgehead atoms. The molecule has 13 nitrogen and oxygen atoms in total. The Bertz CT molecular complexity index is 1290. The second-order valence-corrected chi connectivity index (χ2v) is 9.30. The Morgan fingerprint density at radius 2 is 1.33 bits per heavy atom. The minimum atomic E-state index is -1.39. The first kappa shape index (κ1) is 32.9. The van der Waals surface area contributed by atoms with Crippen molar-refractivity contribution in [3.63, 3.8) is 0 Å². The third-order valence-electron chi connectivity index (χ3n) is 5.91. The molecule has 13 heteroatoms. The van der Waals surface area contributed by atoms with E-state index in [-0.39, 0.29) is 19.8 Å². The van der Waals surface area contributed by atoms with Gasteiger partial charge in [0.25, 0.3) is 0 Å². The molecule has 3 rings (SSSR count). The number of esters is 5. The van der Waals surface area contributed by atoms with E-state index in [0.717, 1.165) is 20.8 Å². The predicted molar refractivity (Wildman–Crippen MR) is 147 cm³/mol. The molecular formula is C30H34O13. The molecule has 0 aliphatic carbocycles. The van der Waals surface area contributed by atoms with Crippen molar-refractivity contribution in [3.05, 3.63) is 48.5 Å². The van der Waals surface area contributed by atoms with Crippen LogP contribution in [0.4, 0.5) is 0 Å². The topological polar surface area (TPSA) is 159 Å². The summed E-state index contributed by atoms with van der Waals surface area (Å²) in [5.74, 6) is -2.62. The number of hydrogen-bond acceptors (Lipinski definition) is 13. The van der Waals surface area contributed by atoms with Gasteiger partial charge >= 0.3 is 29.8 Å². The van der Waals surface area contributed by atoms with E-state index in [9.17, 15) is 24.0 Å². The van der Waals surface area contributed by atoms with Crippen LogP contribution < -0.4 is 9.47 Å². The van der Waals surface area contributed by atoms with Gasteiger partial charge in [0.1, 0.15) is 24.2 Å². The van der Waals surface area contributed by atoms with Crippen LogP contribution in [-0.4, -0.2) is 80.4 Å². The van der Waals surface area contributed by atoms with Crippen molar-refractivity contribution in [2.45, 2.75) is 65.3 Å². The highest BCUT2D eigenvalue weighted by molar-refractivity contribution is 5.72. The quantitative estimate of drug-likeness (QED) is 0.258. The number of carbonyl (C=O) groups excluding carboxylic acids is 5.